The first-order valence-corrected chi connectivity index (χ1v) is 18.1. The number of benzene rings is 2. The molecule has 2 aromatic carbocycles. The highest BCUT2D eigenvalue weighted by Gasteiger charge is 2.65. The Balaban J connectivity index is 1.72. The van der Waals surface area contributed by atoms with Crippen LogP contribution in [-0.2, 0) is 44.5 Å². The van der Waals surface area contributed by atoms with E-state index in [1.165, 1.54) is 36.4 Å². The third kappa shape index (κ3) is 12.3. The quantitative estimate of drug-likeness (QED) is 0.0881. The van der Waals surface area contributed by atoms with Gasteiger partial charge in [0.2, 0.25) is 0 Å². The van der Waals surface area contributed by atoms with Gasteiger partial charge < -0.3 is 24.1 Å². The number of ketones is 1. The number of ether oxygens (including phenoxy) is 4. The minimum absolute atomic E-state index is 0.0461. The zero-order valence-electron chi connectivity index (χ0n) is 31.9. The van der Waals surface area contributed by atoms with Crippen LogP contribution in [-0.4, -0.2) is 68.2 Å². The molecular weight excluding hydrogens is 722 g/mol. The van der Waals surface area contributed by atoms with E-state index in [4.69, 9.17) is 18.9 Å². The number of halogens is 6. The summed E-state index contributed by atoms with van der Waals surface area (Å²) in [5, 5.41) is 10.9. The van der Waals surface area contributed by atoms with Crippen LogP contribution in [0.2, 0.25) is 0 Å². The van der Waals surface area contributed by atoms with Gasteiger partial charge in [0.1, 0.15) is 5.78 Å². The van der Waals surface area contributed by atoms with Crippen LogP contribution in [0.5, 0.6) is 0 Å². The van der Waals surface area contributed by atoms with Crippen molar-refractivity contribution in [2.75, 3.05) is 27.4 Å². The number of alkyl halides is 6. The van der Waals surface area contributed by atoms with Crippen LogP contribution in [0.4, 0.5) is 26.3 Å². The molecule has 0 aliphatic carbocycles. The highest BCUT2D eigenvalue weighted by atomic mass is 19.4. The number of Topliss-reactive ketones (excluding diaryl/α,β-unsaturated/α-hetero) is 1. The minimum Gasteiger partial charge on any atom is -0.463 e. The predicted molar refractivity (Wildman–Crippen MR) is 189 cm³/mol. The third-order valence-corrected chi connectivity index (χ3v) is 9.89. The van der Waals surface area contributed by atoms with Crippen LogP contribution in [0.25, 0.3) is 0 Å². The van der Waals surface area contributed by atoms with E-state index in [2.05, 4.69) is 0 Å². The molecule has 2 aromatic rings. The smallest absolute Gasteiger partial charge is 0.432 e. The average molecular weight is 777 g/mol. The largest absolute Gasteiger partial charge is 0.463 e. The molecule has 54 heavy (non-hydrogen) atoms. The van der Waals surface area contributed by atoms with Crippen molar-refractivity contribution < 1.29 is 64.8 Å². The fourth-order valence-corrected chi connectivity index (χ4v) is 6.34. The maximum Gasteiger partial charge on any atom is 0.432 e. The van der Waals surface area contributed by atoms with Gasteiger partial charge in [0, 0.05) is 37.7 Å². The Morgan fingerprint density at radius 3 is 1.50 bits per heavy atom. The lowest BCUT2D eigenvalue weighted by Gasteiger charge is -2.32. The summed E-state index contributed by atoms with van der Waals surface area (Å²) in [4.78, 5) is 38.2. The molecule has 0 bridgehead atoms. The summed E-state index contributed by atoms with van der Waals surface area (Å²) in [6.07, 6.45) is -5.92. The van der Waals surface area contributed by atoms with Crippen LogP contribution in [0, 0.1) is 17.8 Å². The Bertz CT molecular complexity index is 1450. The molecule has 0 spiro atoms. The van der Waals surface area contributed by atoms with E-state index in [1.807, 2.05) is 6.92 Å². The van der Waals surface area contributed by atoms with Crippen LogP contribution >= 0.6 is 0 Å². The topological polar surface area (TPSA) is 108 Å². The van der Waals surface area contributed by atoms with Gasteiger partial charge in [-0.2, -0.15) is 26.3 Å². The fourth-order valence-electron chi connectivity index (χ4n) is 6.34. The highest BCUT2D eigenvalue weighted by Crippen LogP contribution is 2.44. The maximum absolute atomic E-state index is 14.1. The van der Waals surface area contributed by atoms with Crippen molar-refractivity contribution in [3.8, 4) is 0 Å². The molecule has 3 unspecified atom stereocenters. The van der Waals surface area contributed by atoms with Gasteiger partial charge in [0.25, 0.3) is 11.2 Å². The summed E-state index contributed by atoms with van der Waals surface area (Å²) < 4.78 is 104. The van der Waals surface area contributed by atoms with E-state index in [0.29, 0.717) is 38.5 Å². The summed E-state index contributed by atoms with van der Waals surface area (Å²) in [6, 6.07) is 13.1. The lowest BCUT2D eigenvalue weighted by atomic mass is 9.88. The number of carbonyl (C=O) groups excluding carboxylic acids is 3. The van der Waals surface area contributed by atoms with Gasteiger partial charge in [0.15, 0.2) is 0 Å². The van der Waals surface area contributed by atoms with Crippen molar-refractivity contribution in [3.05, 3.63) is 71.8 Å². The van der Waals surface area contributed by atoms with E-state index in [1.54, 1.807) is 20.8 Å². The molecule has 0 radical (unpaired) electrons. The van der Waals surface area contributed by atoms with Crippen LogP contribution in [0.15, 0.2) is 60.7 Å². The Kier molecular flexibility index (Phi) is 17.7. The van der Waals surface area contributed by atoms with Gasteiger partial charge in [-0.05, 0) is 50.9 Å². The standard InChI is InChI=1S/C40H54F6O8/c1-28(21-22-33(47)30(3)23-26-53-34(48)37(51-5,39(41,42)43)31-17-9-7-10-18-31)15-13-24-36(4,50)25-14-16-29(2)27-54-35(49)38(52-6,40(44,45)46)32-19-11-8-12-20-32/h7-12,17-20,28-30,50H,13-16,21-27H2,1-6H3/t28?,29-,30?,36?,37-,38-/m1/s1. The summed E-state index contributed by atoms with van der Waals surface area (Å²) in [6.45, 7) is 6.42. The first-order valence-electron chi connectivity index (χ1n) is 18.1. The van der Waals surface area contributed by atoms with Gasteiger partial charge in [0.05, 0.1) is 18.8 Å². The van der Waals surface area contributed by atoms with E-state index in [9.17, 15) is 45.8 Å². The number of esters is 2. The maximum atomic E-state index is 14.1. The van der Waals surface area contributed by atoms with E-state index in [0.717, 1.165) is 44.9 Å². The van der Waals surface area contributed by atoms with Crippen molar-refractivity contribution in [1.29, 1.82) is 0 Å². The molecule has 0 fully saturated rings. The normalized spacial score (nSPS) is 17.3. The van der Waals surface area contributed by atoms with Crippen LogP contribution in [0.1, 0.15) is 96.6 Å². The number of carbonyl (C=O) groups is 3. The van der Waals surface area contributed by atoms with Gasteiger partial charge in [-0.3, -0.25) is 4.79 Å². The second-order valence-electron chi connectivity index (χ2n) is 14.4. The van der Waals surface area contributed by atoms with Gasteiger partial charge >= 0.3 is 24.3 Å². The molecule has 0 aliphatic heterocycles. The van der Waals surface area contributed by atoms with Crippen molar-refractivity contribution in [2.24, 2.45) is 17.8 Å². The Hall–Kier alpha value is -3.49. The van der Waals surface area contributed by atoms with E-state index >= 15 is 0 Å². The molecule has 0 heterocycles. The van der Waals surface area contributed by atoms with Gasteiger partial charge in [-0.1, -0.05) is 101 Å². The Labute approximate surface area is 313 Å². The summed E-state index contributed by atoms with van der Waals surface area (Å²) in [7, 11) is 1.60. The van der Waals surface area contributed by atoms with Crippen molar-refractivity contribution >= 4 is 17.7 Å². The molecule has 0 amide bonds. The molecule has 8 nitrogen and oxygen atoms in total. The summed E-state index contributed by atoms with van der Waals surface area (Å²) >= 11 is 0. The lowest BCUT2D eigenvalue weighted by Crippen LogP contribution is -2.52. The summed E-state index contributed by atoms with van der Waals surface area (Å²) in [5.41, 5.74) is -8.34. The predicted octanol–water partition coefficient (Wildman–Crippen LogP) is 9.02. The SMILES string of the molecule is CO[C@@](C(=O)OCCC(C)C(=O)CCC(C)CCCC(C)(O)CCC[C@@H](C)COC(=O)[C@](OC)(c1ccccc1)C(F)(F)F)(c1ccccc1)C(F)(F)F. The zero-order valence-corrected chi connectivity index (χ0v) is 31.9. The molecule has 304 valence electrons. The van der Waals surface area contributed by atoms with Gasteiger partial charge in [-0.15, -0.1) is 0 Å². The molecule has 0 saturated carbocycles. The highest BCUT2D eigenvalue weighted by molar-refractivity contribution is 5.83. The fraction of sp³-hybridized carbons (Fsp3) is 0.625. The second-order valence-corrected chi connectivity index (χ2v) is 14.4. The van der Waals surface area contributed by atoms with E-state index in [-0.39, 0.29) is 42.6 Å². The van der Waals surface area contributed by atoms with E-state index < -0.39 is 59.2 Å². The molecule has 2 rings (SSSR count). The minimum atomic E-state index is -5.09. The number of hydrogen-bond donors (Lipinski definition) is 1. The Morgan fingerprint density at radius 2 is 1.07 bits per heavy atom. The average Bonchev–Trinajstić information content (AvgIpc) is 3.10. The number of hydrogen-bond acceptors (Lipinski definition) is 8. The second kappa shape index (κ2) is 20.4. The number of methoxy groups -OCH3 is 2. The van der Waals surface area contributed by atoms with Gasteiger partial charge in [-0.25, -0.2) is 9.59 Å². The molecule has 0 saturated heterocycles. The molecule has 6 atom stereocenters. The molecular formula is C40H54F6O8. The zero-order chi connectivity index (χ0) is 40.8. The number of aliphatic hydroxyl groups is 1. The third-order valence-electron chi connectivity index (χ3n) is 9.89. The van der Waals surface area contributed by atoms with Crippen molar-refractivity contribution in [1.82, 2.24) is 0 Å². The first kappa shape index (κ1) is 46.7. The molecule has 1 N–H and O–H groups in total. The van der Waals surface area contributed by atoms with Crippen LogP contribution in [0.3, 0.4) is 0 Å². The van der Waals surface area contributed by atoms with Crippen molar-refractivity contribution in [3.63, 3.8) is 0 Å². The van der Waals surface area contributed by atoms with Crippen LogP contribution < -0.4 is 0 Å². The number of rotatable bonds is 23. The molecule has 0 aromatic heterocycles. The molecule has 0 aliphatic rings. The molecule has 14 heteroatoms. The lowest BCUT2D eigenvalue weighted by molar-refractivity contribution is -0.277. The van der Waals surface area contributed by atoms with Crippen molar-refractivity contribution in [2.45, 2.75) is 115 Å². The summed E-state index contributed by atoms with van der Waals surface area (Å²) in [5.74, 6) is -3.93. The first-order chi connectivity index (χ1) is 25.2. The monoisotopic (exact) mass is 776 g/mol. The Morgan fingerprint density at radius 1 is 0.648 bits per heavy atom.